The molecular weight excluding hydrogens is 374 g/mol. The highest BCUT2D eigenvalue weighted by Crippen LogP contribution is 2.13. The van der Waals surface area contributed by atoms with Crippen LogP contribution in [0.3, 0.4) is 0 Å². The highest BCUT2D eigenvalue weighted by molar-refractivity contribution is 5.69. The Kier molecular flexibility index (Phi) is 19.9. The van der Waals surface area contributed by atoms with Gasteiger partial charge in [-0.25, -0.2) is 0 Å². The molecule has 1 unspecified atom stereocenters. The second kappa shape index (κ2) is 20.3. The lowest BCUT2D eigenvalue weighted by Gasteiger charge is -2.22. The van der Waals surface area contributed by atoms with E-state index in [4.69, 9.17) is 4.84 Å². The Morgan fingerprint density at radius 2 is 1.20 bits per heavy atom. The van der Waals surface area contributed by atoms with Crippen molar-refractivity contribution in [3.05, 3.63) is 0 Å². The first-order valence-corrected chi connectivity index (χ1v) is 13.0. The van der Waals surface area contributed by atoms with E-state index in [1.807, 2.05) is 5.06 Å². The van der Waals surface area contributed by atoms with Gasteiger partial charge in [0.05, 0.1) is 12.5 Å². The zero-order chi connectivity index (χ0) is 22.6. The molecule has 0 aliphatic carbocycles. The molecule has 0 saturated carbocycles. The standard InChI is InChI=1S/C26H53NO3/c1-6-7-8-9-14-19-25(28)22-26(29)30-27(20-15-10-12-17-23(2)3)21-16-11-13-18-24(4)5/h23-25,28H,6-22H2,1-5H3. The summed E-state index contributed by atoms with van der Waals surface area (Å²) in [4.78, 5) is 18.0. The second-order valence-corrected chi connectivity index (χ2v) is 9.94. The molecule has 4 nitrogen and oxygen atoms in total. The van der Waals surface area contributed by atoms with E-state index in [9.17, 15) is 9.90 Å². The quantitative estimate of drug-likeness (QED) is 0.154. The molecule has 0 fully saturated rings. The maximum absolute atomic E-state index is 12.3. The molecule has 30 heavy (non-hydrogen) atoms. The number of aliphatic hydroxyl groups is 1. The number of hydroxylamine groups is 2. The molecule has 0 amide bonds. The Bertz CT molecular complexity index is 366. The molecule has 180 valence electrons. The van der Waals surface area contributed by atoms with Gasteiger partial charge in [0, 0.05) is 13.1 Å². The van der Waals surface area contributed by atoms with Crippen molar-refractivity contribution in [1.82, 2.24) is 5.06 Å². The lowest BCUT2D eigenvalue weighted by atomic mass is 10.0. The first-order chi connectivity index (χ1) is 14.3. The summed E-state index contributed by atoms with van der Waals surface area (Å²) in [6, 6.07) is 0. The van der Waals surface area contributed by atoms with Crippen molar-refractivity contribution in [1.29, 1.82) is 0 Å². The van der Waals surface area contributed by atoms with Gasteiger partial charge in [0.1, 0.15) is 0 Å². The number of nitrogens with zero attached hydrogens (tertiary/aromatic N) is 1. The molecule has 0 spiro atoms. The molecule has 4 heteroatoms. The van der Waals surface area contributed by atoms with Crippen LogP contribution in [0.4, 0.5) is 0 Å². The molecule has 0 rings (SSSR count). The molecule has 0 saturated heterocycles. The lowest BCUT2D eigenvalue weighted by molar-refractivity contribution is -0.193. The van der Waals surface area contributed by atoms with Crippen LogP contribution in [-0.4, -0.2) is 35.3 Å². The van der Waals surface area contributed by atoms with E-state index in [1.165, 1.54) is 57.8 Å². The van der Waals surface area contributed by atoms with Crippen LogP contribution in [0.15, 0.2) is 0 Å². The fourth-order valence-electron chi connectivity index (χ4n) is 3.70. The van der Waals surface area contributed by atoms with Gasteiger partial charge >= 0.3 is 5.97 Å². The Labute approximate surface area is 188 Å². The van der Waals surface area contributed by atoms with Gasteiger partial charge in [-0.3, -0.25) is 4.79 Å². The monoisotopic (exact) mass is 427 g/mol. The van der Waals surface area contributed by atoms with Crippen LogP contribution < -0.4 is 0 Å². The predicted octanol–water partition coefficient (Wildman–Crippen LogP) is 7.29. The molecule has 0 aliphatic rings. The van der Waals surface area contributed by atoms with E-state index < -0.39 is 6.10 Å². The van der Waals surface area contributed by atoms with Crippen molar-refractivity contribution in [3.8, 4) is 0 Å². The summed E-state index contributed by atoms with van der Waals surface area (Å²) < 4.78 is 0. The van der Waals surface area contributed by atoms with Crippen LogP contribution in [-0.2, 0) is 9.63 Å². The lowest BCUT2D eigenvalue weighted by Crippen LogP contribution is -2.31. The molecule has 0 radical (unpaired) electrons. The first-order valence-electron chi connectivity index (χ1n) is 13.0. The first kappa shape index (κ1) is 29.4. The summed E-state index contributed by atoms with van der Waals surface area (Å²) in [6.07, 6.45) is 15.6. The Balaban J connectivity index is 4.21. The minimum atomic E-state index is -0.571. The predicted molar refractivity (Wildman–Crippen MR) is 128 cm³/mol. The molecule has 0 aliphatic heterocycles. The maximum Gasteiger partial charge on any atom is 0.327 e. The molecule has 0 aromatic carbocycles. The average molecular weight is 428 g/mol. The zero-order valence-electron chi connectivity index (χ0n) is 21.0. The topological polar surface area (TPSA) is 49.8 Å². The van der Waals surface area contributed by atoms with Crippen molar-refractivity contribution in [3.63, 3.8) is 0 Å². The number of hydrogen-bond acceptors (Lipinski definition) is 4. The van der Waals surface area contributed by atoms with Crippen LogP contribution in [0, 0.1) is 11.8 Å². The van der Waals surface area contributed by atoms with Crippen LogP contribution in [0.1, 0.15) is 131 Å². The summed E-state index contributed by atoms with van der Waals surface area (Å²) in [5.74, 6) is 1.23. The highest BCUT2D eigenvalue weighted by atomic mass is 16.7. The zero-order valence-corrected chi connectivity index (χ0v) is 21.0. The van der Waals surface area contributed by atoms with Crippen LogP contribution in [0.2, 0.25) is 0 Å². The molecular formula is C26H53NO3. The van der Waals surface area contributed by atoms with Gasteiger partial charge in [0.15, 0.2) is 0 Å². The van der Waals surface area contributed by atoms with Gasteiger partial charge in [-0.15, -0.1) is 5.06 Å². The van der Waals surface area contributed by atoms with Gasteiger partial charge in [-0.1, -0.05) is 105 Å². The SMILES string of the molecule is CCCCCCCC(O)CC(=O)ON(CCCCCC(C)C)CCCCCC(C)C. The number of unbranched alkanes of at least 4 members (excludes halogenated alkanes) is 8. The number of carbonyl (C=O) groups excluding carboxylic acids is 1. The van der Waals surface area contributed by atoms with E-state index in [0.29, 0.717) is 6.42 Å². The van der Waals surface area contributed by atoms with Crippen LogP contribution in [0.5, 0.6) is 0 Å². The summed E-state index contributed by atoms with van der Waals surface area (Å²) in [5.41, 5.74) is 0. The van der Waals surface area contributed by atoms with Crippen LogP contribution >= 0.6 is 0 Å². The van der Waals surface area contributed by atoms with Gasteiger partial charge < -0.3 is 9.94 Å². The smallest absolute Gasteiger partial charge is 0.327 e. The van der Waals surface area contributed by atoms with E-state index in [1.54, 1.807) is 0 Å². The largest absolute Gasteiger partial charge is 0.393 e. The Hall–Kier alpha value is -0.610. The van der Waals surface area contributed by atoms with Gasteiger partial charge in [0.2, 0.25) is 0 Å². The van der Waals surface area contributed by atoms with Crippen LogP contribution in [0.25, 0.3) is 0 Å². The summed E-state index contributed by atoms with van der Waals surface area (Å²) >= 11 is 0. The number of carbonyl (C=O) groups is 1. The third-order valence-electron chi connectivity index (χ3n) is 5.65. The molecule has 0 heterocycles. The van der Waals surface area contributed by atoms with Crippen molar-refractivity contribution in [2.45, 2.75) is 137 Å². The highest BCUT2D eigenvalue weighted by Gasteiger charge is 2.16. The third kappa shape index (κ3) is 20.7. The second-order valence-electron chi connectivity index (χ2n) is 9.94. The van der Waals surface area contributed by atoms with Crippen molar-refractivity contribution in [2.24, 2.45) is 11.8 Å². The van der Waals surface area contributed by atoms with E-state index in [2.05, 4.69) is 34.6 Å². The van der Waals surface area contributed by atoms with Crippen molar-refractivity contribution >= 4 is 5.97 Å². The van der Waals surface area contributed by atoms with E-state index in [-0.39, 0.29) is 12.4 Å². The molecule has 1 atom stereocenters. The molecule has 0 bridgehead atoms. The van der Waals surface area contributed by atoms with E-state index >= 15 is 0 Å². The number of aliphatic hydroxyl groups excluding tert-OH is 1. The molecule has 1 N–H and O–H groups in total. The Morgan fingerprint density at radius 3 is 1.70 bits per heavy atom. The summed E-state index contributed by atoms with van der Waals surface area (Å²) in [7, 11) is 0. The fraction of sp³-hybridized carbons (Fsp3) is 0.962. The molecule has 0 aromatic heterocycles. The summed E-state index contributed by atoms with van der Waals surface area (Å²) in [5, 5.41) is 12.0. The van der Waals surface area contributed by atoms with Gasteiger partial charge in [0.25, 0.3) is 0 Å². The molecule has 0 aromatic rings. The Morgan fingerprint density at radius 1 is 0.733 bits per heavy atom. The van der Waals surface area contributed by atoms with Gasteiger partial charge in [-0.2, -0.15) is 0 Å². The number of hydrogen-bond donors (Lipinski definition) is 1. The number of rotatable bonds is 21. The minimum absolute atomic E-state index is 0.116. The maximum atomic E-state index is 12.3. The summed E-state index contributed by atoms with van der Waals surface area (Å²) in [6.45, 7) is 12.9. The average Bonchev–Trinajstić information content (AvgIpc) is 2.66. The third-order valence-corrected chi connectivity index (χ3v) is 5.65. The van der Waals surface area contributed by atoms with Crippen molar-refractivity contribution < 1.29 is 14.7 Å². The van der Waals surface area contributed by atoms with E-state index in [0.717, 1.165) is 50.6 Å². The normalized spacial score (nSPS) is 12.8. The van der Waals surface area contributed by atoms with Gasteiger partial charge in [-0.05, 0) is 31.1 Å². The van der Waals surface area contributed by atoms with Crippen molar-refractivity contribution in [2.75, 3.05) is 13.1 Å². The fourth-order valence-corrected chi connectivity index (χ4v) is 3.70. The minimum Gasteiger partial charge on any atom is -0.393 e.